The monoisotopic (exact) mass is 313 g/mol. The van der Waals surface area contributed by atoms with Gasteiger partial charge in [-0.15, -0.1) is 0 Å². The highest BCUT2D eigenvalue weighted by molar-refractivity contribution is 6.31. The van der Waals surface area contributed by atoms with E-state index >= 15 is 0 Å². The number of nitrogens with one attached hydrogen (secondary N) is 2. The number of aliphatic carboxylic acids is 1. The first kappa shape index (κ1) is 17.3. The van der Waals surface area contributed by atoms with E-state index < -0.39 is 18.0 Å². The fraction of sp³-hybridized carbons (Fsp3) is 0.429. The molecule has 0 unspecified atom stereocenters. The van der Waals surface area contributed by atoms with Gasteiger partial charge in [0.2, 0.25) is 0 Å². The van der Waals surface area contributed by atoms with Crippen LogP contribution in [-0.2, 0) is 4.79 Å². The maximum Gasteiger partial charge on any atom is 0.331 e. The number of carboxylic acid groups (broad SMARTS) is 1. The Balaban J connectivity index is 2.73. The molecule has 0 spiro atoms. The van der Waals surface area contributed by atoms with Crippen molar-refractivity contribution in [3.63, 3.8) is 0 Å². The third-order valence-corrected chi connectivity index (χ3v) is 3.34. The molecule has 0 saturated heterocycles. The number of urea groups is 1. The van der Waals surface area contributed by atoms with Gasteiger partial charge in [-0.3, -0.25) is 0 Å². The van der Waals surface area contributed by atoms with E-state index in [1.807, 2.05) is 7.05 Å². The molecule has 1 atom stereocenters. The Labute approximate surface area is 129 Å². The van der Waals surface area contributed by atoms with Crippen LogP contribution < -0.4 is 10.6 Å². The fourth-order valence-electron chi connectivity index (χ4n) is 1.81. The van der Waals surface area contributed by atoms with Crippen LogP contribution >= 0.6 is 11.6 Å². The second-order valence-electron chi connectivity index (χ2n) is 4.62. The lowest BCUT2D eigenvalue weighted by Gasteiger charge is -2.22. The van der Waals surface area contributed by atoms with Crippen LogP contribution in [0.2, 0.25) is 5.02 Å². The van der Waals surface area contributed by atoms with Crippen molar-refractivity contribution in [1.82, 2.24) is 15.5 Å². The lowest BCUT2D eigenvalue weighted by molar-refractivity contribution is -0.139. The van der Waals surface area contributed by atoms with Crippen LogP contribution in [0, 0.1) is 0 Å². The number of carboxylic acids is 1. The van der Waals surface area contributed by atoms with Gasteiger partial charge in [0.1, 0.15) is 0 Å². The molecule has 0 aromatic heterocycles. The molecular formula is C14H20ClN3O3. The topological polar surface area (TPSA) is 81.7 Å². The predicted molar refractivity (Wildman–Crippen MR) is 81.5 cm³/mol. The molecule has 0 fully saturated rings. The molecule has 1 aromatic rings. The van der Waals surface area contributed by atoms with Crippen LogP contribution in [0.25, 0.3) is 0 Å². The molecule has 0 radical (unpaired) electrons. The molecule has 0 heterocycles. The highest BCUT2D eigenvalue weighted by Crippen LogP contribution is 2.23. The van der Waals surface area contributed by atoms with Crippen molar-refractivity contribution in [3.05, 3.63) is 34.9 Å². The Kier molecular flexibility index (Phi) is 6.98. The Bertz CT molecular complexity index is 496. The molecule has 21 heavy (non-hydrogen) atoms. The van der Waals surface area contributed by atoms with E-state index in [0.29, 0.717) is 17.1 Å². The minimum Gasteiger partial charge on any atom is -0.479 e. The minimum absolute atomic E-state index is 0.308. The predicted octanol–water partition coefficient (Wildman–Crippen LogP) is 1.72. The van der Waals surface area contributed by atoms with Gasteiger partial charge < -0.3 is 20.6 Å². The summed E-state index contributed by atoms with van der Waals surface area (Å²) in [6.07, 6.45) is 0.782. The standard InChI is InChI=1S/C14H20ClN3O3/c1-16-8-5-9-18(2)14(21)17-12(13(19)20)10-6-3-4-7-11(10)15/h3-4,6-7,12,16H,5,8-9H2,1-2H3,(H,17,21)(H,19,20)/t12-/m1/s1. The smallest absolute Gasteiger partial charge is 0.331 e. The average Bonchev–Trinajstić information content (AvgIpc) is 2.45. The summed E-state index contributed by atoms with van der Waals surface area (Å²) in [5.41, 5.74) is 0.364. The maximum absolute atomic E-state index is 12.0. The number of hydrogen-bond acceptors (Lipinski definition) is 3. The maximum atomic E-state index is 12.0. The third kappa shape index (κ3) is 5.24. The van der Waals surface area contributed by atoms with Crippen molar-refractivity contribution in [2.75, 3.05) is 27.2 Å². The molecule has 1 rings (SSSR count). The first-order chi connectivity index (χ1) is 9.97. The lowest BCUT2D eigenvalue weighted by atomic mass is 10.1. The summed E-state index contributed by atoms with van der Waals surface area (Å²) < 4.78 is 0. The van der Waals surface area contributed by atoms with Crippen LogP contribution in [0.5, 0.6) is 0 Å². The van der Waals surface area contributed by atoms with Gasteiger partial charge >= 0.3 is 12.0 Å². The van der Waals surface area contributed by atoms with Gasteiger partial charge in [0.25, 0.3) is 0 Å². The minimum atomic E-state index is -1.17. The zero-order chi connectivity index (χ0) is 15.8. The Morgan fingerprint density at radius 1 is 1.38 bits per heavy atom. The highest BCUT2D eigenvalue weighted by atomic mass is 35.5. The average molecular weight is 314 g/mol. The quantitative estimate of drug-likeness (QED) is 0.669. The van der Waals surface area contributed by atoms with Gasteiger partial charge in [-0.05, 0) is 26.1 Å². The number of nitrogens with zero attached hydrogens (tertiary/aromatic N) is 1. The second-order valence-corrected chi connectivity index (χ2v) is 5.03. The van der Waals surface area contributed by atoms with E-state index in [0.717, 1.165) is 13.0 Å². The molecule has 1 aromatic carbocycles. The molecular weight excluding hydrogens is 294 g/mol. The second kappa shape index (κ2) is 8.49. The summed E-state index contributed by atoms with van der Waals surface area (Å²) in [5, 5.41) is 15.1. The summed E-state index contributed by atoms with van der Waals surface area (Å²) in [5.74, 6) is -1.15. The molecule has 0 aliphatic heterocycles. The molecule has 0 bridgehead atoms. The third-order valence-electron chi connectivity index (χ3n) is 3.00. The van der Waals surface area contributed by atoms with Crippen molar-refractivity contribution in [2.45, 2.75) is 12.5 Å². The van der Waals surface area contributed by atoms with Gasteiger partial charge in [-0.25, -0.2) is 9.59 Å². The summed E-state index contributed by atoms with van der Waals surface area (Å²) in [6.45, 7) is 1.31. The Morgan fingerprint density at radius 2 is 2.05 bits per heavy atom. The molecule has 2 amide bonds. The summed E-state index contributed by atoms with van der Waals surface area (Å²) in [6, 6.07) is 4.95. The fourth-order valence-corrected chi connectivity index (χ4v) is 2.05. The molecule has 0 aliphatic carbocycles. The molecule has 0 saturated carbocycles. The van der Waals surface area contributed by atoms with Gasteiger partial charge in [-0.2, -0.15) is 0 Å². The van der Waals surface area contributed by atoms with Crippen LogP contribution in [0.4, 0.5) is 4.79 Å². The first-order valence-electron chi connectivity index (χ1n) is 6.60. The Hall–Kier alpha value is -1.79. The van der Waals surface area contributed by atoms with Gasteiger partial charge in [0.05, 0.1) is 0 Å². The molecule has 6 nitrogen and oxygen atoms in total. The van der Waals surface area contributed by atoms with Gasteiger partial charge in [0, 0.05) is 24.2 Å². The van der Waals surface area contributed by atoms with Crippen LogP contribution in [0.1, 0.15) is 18.0 Å². The number of amides is 2. The van der Waals surface area contributed by atoms with Crippen molar-refractivity contribution in [3.8, 4) is 0 Å². The van der Waals surface area contributed by atoms with Gasteiger partial charge in [-0.1, -0.05) is 29.8 Å². The van der Waals surface area contributed by atoms with E-state index in [1.54, 1.807) is 31.3 Å². The summed E-state index contributed by atoms with van der Waals surface area (Å²) in [7, 11) is 3.45. The largest absolute Gasteiger partial charge is 0.479 e. The van der Waals surface area contributed by atoms with Crippen molar-refractivity contribution in [2.24, 2.45) is 0 Å². The number of benzene rings is 1. The SMILES string of the molecule is CNCCCN(C)C(=O)N[C@@H](C(=O)O)c1ccccc1Cl. The number of hydrogen-bond donors (Lipinski definition) is 3. The van der Waals surface area contributed by atoms with Crippen molar-refractivity contribution < 1.29 is 14.7 Å². The zero-order valence-corrected chi connectivity index (χ0v) is 12.9. The van der Waals surface area contributed by atoms with E-state index in [9.17, 15) is 14.7 Å². The van der Waals surface area contributed by atoms with Crippen LogP contribution in [0.3, 0.4) is 0 Å². The summed E-state index contributed by atoms with van der Waals surface area (Å²) in [4.78, 5) is 24.8. The Morgan fingerprint density at radius 3 is 2.62 bits per heavy atom. The van der Waals surface area contributed by atoms with E-state index in [2.05, 4.69) is 10.6 Å². The van der Waals surface area contributed by atoms with E-state index in [4.69, 9.17) is 11.6 Å². The van der Waals surface area contributed by atoms with Crippen LogP contribution in [-0.4, -0.2) is 49.2 Å². The zero-order valence-electron chi connectivity index (χ0n) is 12.1. The summed E-state index contributed by atoms with van der Waals surface area (Å²) >= 11 is 5.99. The van der Waals surface area contributed by atoms with Gasteiger partial charge in [0.15, 0.2) is 6.04 Å². The number of carbonyl (C=O) groups is 2. The molecule has 7 heteroatoms. The number of carbonyl (C=O) groups excluding carboxylic acids is 1. The van der Waals surface area contributed by atoms with E-state index in [-0.39, 0.29) is 0 Å². The number of rotatable bonds is 7. The molecule has 3 N–H and O–H groups in total. The van der Waals surface area contributed by atoms with Crippen LogP contribution in [0.15, 0.2) is 24.3 Å². The van der Waals surface area contributed by atoms with E-state index in [1.165, 1.54) is 4.90 Å². The first-order valence-corrected chi connectivity index (χ1v) is 6.98. The molecule has 116 valence electrons. The number of halogens is 1. The highest BCUT2D eigenvalue weighted by Gasteiger charge is 2.25. The lowest BCUT2D eigenvalue weighted by Crippen LogP contribution is -2.42. The normalized spacial score (nSPS) is 11.8. The van der Waals surface area contributed by atoms with Crippen molar-refractivity contribution >= 4 is 23.6 Å². The molecule has 0 aliphatic rings. The van der Waals surface area contributed by atoms with Crippen molar-refractivity contribution in [1.29, 1.82) is 0 Å².